The van der Waals surface area contributed by atoms with Gasteiger partial charge in [0.2, 0.25) is 0 Å². The second kappa shape index (κ2) is 8.06. The number of carbonyl (C=O) groups is 1. The average Bonchev–Trinajstić information content (AvgIpc) is 2.27. The number of hydrogen-bond donors (Lipinski definition) is 1. The van der Waals surface area contributed by atoms with Gasteiger partial charge in [-0.2, -0.15) is 9.59 Å². The van der Waals surface area contributed by atoms with Gasteiger partial charge in [-0.15, -0.1) is 0 Å². The molecular weight excluding hydrogens is 246 g/mol. The number of nitrogens with one attached hydrogen (secondary N) is 1. The molecule has 0 heterocycles. The summed E-state index contributed by atoms with van der Waals surface area (Å²) < 4.78 is 5.15. The molecule has 0 aliphatic carbocycles. The molecular formula is C14H19NO4. The zero-order valence-corrected chi connectivity index (χ0v) is 11.6. The topological polar surface area (TPSA) is 72.5 Å². The molecule has 19 heavy (non-hydrogen) atoms. The Hall–Kier alpha value is -2.13. The quantitative estimate of drug-likeness (QED) is 0.891. The fourth-order valence-corrected chi connectivity index (χ4v) is 1.29. The van der Waals surface area contributed by atoms with Crippen molar-refractivity contribution in [2.24, 2.45) is 0 Å². The molecule has 0 spiro atoms. The number of ether oxygens (including phenoxy) is 1. The number of hydrogen-bond acceptors (Lipinski definition) is 4. The highest BCUT2D eigenvalue weighted by Crippen LogP contribution is 2.08. The number of aryl methyl sites for hydroxylation is 1. The molecule has 0 radical (unpaired) electrons. The minimum Gasteiger partial charge on any atom is -0.444 e. The summed E-state index contributed by atoms with van der Waals surface area (Å²) in [7, 11) is 0. The van der Waals surface area contributed by atoms with Crippen molar-refractivity contribution in [2.75, 3.05) is 0 Å². The monoisotopic (exact) mass is 265 g/mol. The molecule has 5 heteroatoms. The smallest absolute Gasteiger partial charge is 0.407 e. The van der Waals surface area contributed by atoms with Crippen molar-refractivity contribution in [1.29, 1.82) is 0 Å². The summed E-state index contributed by atoms with van der Waals surface area (Å²) in [6, 6.07) is 7.95. The van der Waals surface area contributed by atoms with E-state index < -0.39 is 5.60 Å². The predicted octanol–water partition coefficient (Wildman–Crippen LogP) is 2.44. The van der Waals surface area contributed by atoms with Crippen LogP contribution in [0.5, 0.6) is 0 Å². The van der Waals surface area contributed by atoms with Gasteiger partial charge in [-0.3, -0.25) is 0 Å². The van der Waals surface area contributed by atoms with Crippen molar-refractivity contribution >= 4 is 12.2 Å². The van der Waals surface area contributed by atoms with Crippen LogP contribution in [0.25, 0.3) is 0 Å². The van der Waals surface area contributed by atoms with Crippen LogP contribution in [0.1, 0.15) is 31.9 Å². The van der Waals surface area contributed by atoms with Crippen molar-refractivity contribution in [3.05, 3.63) is 35.4 Å². The third kappa shape index (κ3) is 8.57. The van der Waals surface area contributed by atoms with Crippen molar-refractivity contribution in [2.45, 2.75) is 39.8 Å². The lowest BCUT2D eigenvalue weighted by atomic mass is 10.1. The summed E-state index contributed by atoms with van der Waals surface area (Å²) in [5.41, 5.74) is 1.82. The molecule has 1 amide bonds. The Morgan fingerprint density at radius 3 is 2.26 bits per heavy atom. The summed E-state index contributed by atoms with van der Waals surface area (Å²) in [5.74, 6) is 0. The van der Waals surface area contributed by atoms with E-state index in [4.69, 9.17) is 14.3 Å². The summed E-state index contributed by atoms with van der Waals surface area (Å²) in [4.78, 5) is 27.7. The fourth-order valence-electron chi connectivity index (χ4n) is 1.29. The molecule has 0 saturated carbocycles. The first-order valence-corrected chi connectivity index (χ1v) is 5.81. The van der Waals surface area contributed by atoms with E-state index >= 15 is 0 Å². The maximum atomic E-state index is 11.4. The maximum absolute atomic E-state index is 11.4. The average molecular weight is 265 g/mol. The van der Waals surface area contributed by atoms with Crippen molar-refractivity contribution in [3.8, 4) is 0 Å². The van der Waals surface area contributed by atoms with Crippen LogP contribution in [-0.2, 0) is 20.9 Å². The highest BCUT2D eigenvalue weighted by molar-refractivity contribution is 5.67. The van der Waals surface area contributed by atoms with Gasteiger partial charge >= 0.3 is 12.2 Å². The highest BCUT2D eigenvalue weighted by Gasteiger charge is 2.15. The zero-order valence-electron chi connectivity index (χ0n) is 11.6. The van der Waals surface area contributed by atoms with E-state index in [2.05, 4.69) is 5.32 Å². The standard InChI is InChI=1S/C13H19NO2.CO2/c1-10-7-5-6-8-11(10)9-14-12(15)16-13(2,3)4;2-1-3/h5-8H,9H2,1-4H3,(H,14,15);. The molecule has 0 aromatic heterocycles. The highest BCUT2D eigenvalue weighted by atomic mass is 16.6. The van der Waals surface area contributed by atoms with Crippen LogP contribution in [0, 0.1) is 6.92 Å². The van der Waals surface area contributed by atoms with Gasteiger partial charge in [-0.05, 0) is 38.8 Å². The van der Waals surface area contributed by atoms with Crippen molar-refractivity contribution < 1.29 is 19.1 Å². The number of amides is 1. The van der Waals surface area contributed by atoms with Crippen molar-refractivity contribution in [1.82, 2.24) is 5.32 Å². The molecule has 1 rings (SSSR count). The summed E-state index contributed by atoms with van der Waals surface area (Å²) in [5, 5.41) is 2.74. The molecule has 0 saturated heterocycles. The Kier molecular flexibility index (Phi) is 7.15. The number of rotatable bonds is 2. The molecule has 0 fully saturated rings. The van der Waals surface area contributed by atoms with E-state index in [1.165, 1.54) is 5.56 Å². The molecule has 104 valence electrons. The number of carbonyl (C=O) groups excluding carboxylic acids is 3. The van der Waals surface area contributed by atoms with Crippen LogP contribution in [0.3, 0.4) is 0 Å². The molecule has 0 unspecified atom stereocenters. The van der Waals surface area contributed by atoms with Crippen LogP contribution in [-0.4, -0.2) is 17.8 Å². The first kappa shape index (κ1) is 16.9. The number of alkyl carbamates (subject to hydrolysis) is 1. The summed E-state index contributed by atoms with van der Waals surface area (Å²) in [6.45, 7) is 8.06. The molecule has 1 aromatic carbocycles. The summed E-state index contributed by atoms with van der Waals surface area (Å²) in [6.07, 6.45) is -0.129. The minimum absolute atomic E-state index is 0.250. The van der Waals surface area contributed by atoms with Gasteiger partial charge in [0.05, 0.1) is 0 Å². The molecule has 0 bridgehead atoms. The Labute approximate surface area is 113 Å². The van der Waals surface area contributed by atoms with E-state index in [-0.39, 0.29) is 12.2 Å². The zero-order chi connectivity index (χ0) is 14.9. The van der Waals surface area contributed by atoms with E-state index in [1.54, 1.807) is 0 Å². The van der Waals surface area contributed by atoms with Crippen LogP contribution >= 0.6 is 0 Å². The van der Waals surface area contributed by atoms with Crippen LogP contribution in [0.4, 0.5) is 4.79 Å². The summed E-state index contributed by atoms with van der Waals surface area (Å²) >= 11 is 0. The lowest BCUT2D eigenvalue weighted by Gasteiger charge is -2.19. The van der Waals surface area contributed by atoms with E-state index in [1.807, 2.05) is 52.0 Å². The first-order chi connectivity index (χ1) is 8.80. The fraction of sp³-hybridized carbons (Fsp3) is 0.429. The van der Waals surface area contributed by atoms with E-state index in [0.29, 0.717) is 6.54 Å². The lowest BCUT2D eigenvalue weighted by molar-refractivity contribution is -0.191. The Morgan fingerprint density at radius 2 is 1.79 bits per heavy atom. The molecule has 1 aromatic rings. The van der Waals surface area contributed by atoms with Gasteiger partial charge in [0, 0.05) is 6.54 Å². The van der Waals surface area contributed by atoms with E-state index in [0.717, 1.165) is 5.56 Å². The van der Waals surface area contributed by atoms with Crippen LogP contribution in [0.15, 0.2) is 24.3 Å². The van der Waals surface area contributed by atoms with Crippen LogP contribution in [0.2, 0.25) is 0 Å². The van der Waals surface area contributed by atoms with Gasteiger partial charge < -0.3 is 10.1 Å². The minimum atomic E-state index is -0.449. The molecule has 0 aliphatic heterocycles. The van der Waals surface area contributed by atoms with Crippen LogP contribution < -0.4 is 5.32 Å². The third-order valence-electron chi connectivity index (χ3n) is 2.08. The largest absolute Gasteiger partial charge is 0.444 e. The molecule has 0 aliphatic rings. The normalized spacial score (nSPS) is 9.68. The molecule has 5 nitrogen and oxygen atoms in total. The number of benzene rings is 1. The van der Waals surface area contributed by atoms with Gasteiger partial charge in [-0.1, -0.05) is 24.3 Å². The SMILES string of the molecule is Cc1ccccc1CNC(=O)OC(C)(C)C.O=C=O. The Balaban J connectivity index is 0.000000982. The third-order valence-corrected chi connectivity index (χ3v) is 2.08. The predicted molar refractivity (Wildman–Crippen MR) is 69.3 cm³/mol. The lowest BCUT2D eigenvalue weighted by Crippen LogP contribution is -2.32. The van der Waals surface area contributed by atoms with Gasteiger partial charge in [0.15, 0.2) is 0 Å². The van der Waals surface area contributed by atoms with Gasteiger partial charge in [0.25, 0.3) is 0 Å². The molecule has 0 atom stereocenters. The first-order valence-electron chi connectivity index (χ1n) is 5.81. The van der Waals surface area contributed by atoms with Crippen molar-refractivity contribution in [3.63, 3.8) is 0 Å². The molecule has 1 N–H and O–H groups in total. The second-order valence-electron chi connectivity index (χ2n) is 4.87. The maximum Gasteiger partial charge on any atom is 0.407 e. The Bertz CT molecular complexity index is 443. The Morgan fingerprint density at radius 1 is 1.26 bits per heavy atom. The van der Waals surface area contributed by atoms with E-state index in [9.17, 15) is 4.79 Å². The van der Waals surface area contributed by atoms with Gasteiger partial charge in [0.1, 0.15) is 5.60 Å². The van der Waals surface area contributed by atoms with Gasteiger partial charge in [-0.25, -0.2) is 4.79 Å². The second-order valence-corrected chi connectivity index (χ2v) is 4.87.